The van der Waals surface area contributed by atoms with E-state index in [1.807, 2.05) is 0 Å². The second-order valence-corrected chi connectivity index (χ2v) is 2.97. The maximum absolute atomic E-state index is 12.4. The molecule has 0 unspecified atom stereocenters. The van der Waals surface area contributed by atoms with Gasteiger partial charge in [-0.15, -0.1) is 0 Å². The van der Waals surface area contributed by atoms with E-state index in [1.165, 1.54) is 25.2 Å². The maximum Gasteiger partial charge on any atom is 0.416 e. The van der Waals surface area contributed by atoms with Crippen LogP contribution in [0.5, 0.6) is 0 Å². The van der Waals surface area contributed by atoms with E-state index in [0.29, 0.717) is 5.06 Å². The molecule has 0 saturated heterocycles. The van der Waals surface area contributed by atoms with Gasteiger partial charge in [0.05, 0.1) is 5.56 Å². The van der Waals surface area contributed by atoms with E-state index in [0.717, 1.165) is 6.07 Å². The monoisotopic (exact) mass is 205 g/mol. The molecule has 5 heteroatoms. The third-order valence-electron chi connectivity index (χ3n) is 1.72. The fraction of sp³-hybridized carbons (Fsp3) is 0.333. The van der Waals surface area contributed by atoms with Crippen LogP contribution in [0.4, 0.5) is 13.2 Å². The average molecular weight is 205 g/mol. The number of benzene rings is 1. The molecular formula is C9H10F3NO. The Morgan fingerprint density at radius 2 is 1.86 bits per heavy atom. The minimum Gasteiger partial charge on any atom is -0.314 e. The van der Waals surface area contributed by atoms with E-state index in [1.54, 1.807) is 0 Å². The molecule has 1 aromatic carbocycles. The van der Waals surface area contributed by atoms with E-state index in [9.17, 15) is 13.2 Å². The number of rotatable bonds is 2. The Morgan fingerprint density at radius 3 is 2.36 bits per heavy atom. The topological polar surface area (TPSA) is 23.5 Å². The van der Waals surface area contributed by atoms with Crippen molar-refractivity contribution in [3.63, 3.8) is 0 Å². The Morgan fingerprint density at radius 1 is 1.29 bits per heavy atom. The zero-order valence-electron chi connectivity index (χ0n) is 7.54. The van der Waals surface area contributed by atoms with Gasteiger partial charge in [0.2, 0.25) is 0 Å². The second-order valence-electron chi connectivity index (χ2n) is 2.97. The summed E-state index contributed by atoms with van der Waals surface area (Å²) in [5, 5.41) is 9.57. The summed E-state index contributed by atoms with van der Waals surface area (Å²) >= 11 is 0. The highest BCUT2D eigenvalue weighted by Crippen LogP contribution is 2.32. The van der Waals surface area contributed by atoms with Gasteiger partial charge in [-0.1, -0.05) is 18.2 Å². The highest BCUT2D eigenvalue weighted by Gasteiger charge is 2.32. The first-order valence-electron chi connectivity index (χ1n) is 3.96. The number of hydrogen-bond acceptors (Lipinski definition) is 2. The molecule has 0 heterocycles. The molecule has 78 valence electrons. The molecule has 0 spiro atoms. The normalized spacial score (nSPS) is 12.1. The molecule has 0 radical (unpaired) electrons. The van der Waals surface area contributed by atoms with Crippen molar-refractivity contribution in [1.82, 2.24) is 5.06 Å². The number of nitrogens with zero attached hydrogens (tertiary/aromatic N) is 1. The van der Waals surface area contributed by atoms with Gasteiger partial charge in [-0.3, -0.25) is 0 Å². The molecule has 0 aromatic heterocycles. The molecule has 0 aliphatic rings. The van der Waals surface area contributed by atoms with E-state index in [4.69, 9.17) is 5.21 Å². The highest BCUT2D eigenvalue weighted by molar-refractivity contribution is 5.29. The molecule has 1 N–H and O–H groups in total. The van der Waals surface area contributed by atoms with Crippen molar-refractivity contribution in [3.8, 4) is 0 Å². The fourth-order valence-corrected chi connectivity index (χ4v) is 1.18. The third kappa shape index (κ3) is 2.71. The summed E-state index contributed by atoms with van der Waals surface area (Å²) in [5.41, 5.74) is -0.647. The van der Waals surface area contributed by atoms with Gasteiger partial charge in [-0.25, -0.2) is 0 Å². The summed E-state index contributed by atoms with van der Waals surface area (Å²) in [5.74, 6) is 0. The minimum atomic E-state index is -4.37. The Labute approximate surface area is 79.5 Å². The number of hydrogen-bond donors (Lipinski definition) is 1. The summed E-state index contributed by atoms with van der Waals surface area (Å²) in [6.07, 6.45) is -4.37. The number of halogens is 3. The van der Waals surface area contributed by atoms with Gasteiger partial charge in [0.25, 0.3) is 0 Å². The first-order valence-corrected chi connectivity index (χ1v) is 3.96. The SMILES string of the molecule is CN(O)Cc1ccccc1C(F)(F)F. The van der Waals surface area contributed by atoms with Gasteiger partial charge in [-0.05, 0) is 11.6 Å². The summed E-state index contributed by atoms with van der Waals surface area (Å²) in [6, 6.07) is 5.17. The Kier molecular flexibility index (Phi) is 3.13. The van der Waals surface area contributed by atoms with Crippen LogP contribution < -0.4 is 0 Å². The smallest absolute Gasteiger partial charge is 0.314 e. The quantitative estimate of drug-likeness (QED) is 0.750. The van der Waals surface area contributed by atoms with Crippen LogP contribution in [0.2, 0.25) is 0 Å². The molecule has 0 saturated carbocycles. The van der Waals surface area contributed by atoms with Crippen molar-refractivity contribution in [2.24, 2.45) is 0 Å². The summed E-state index contributed by atoms with van der Waals surface area (Å²) in [4.78, 5) is 0. The lowest BCUT2D eigenvalue weighted by Gasteiger charge is -2.14. The van der Waals surface area contributed by atoms with E-state index in [-0.39, 0.29) is 12.1 Å². The molecule has 2 nitrogen and oxygen atoms in total. The van der Waals surface area contributed by atoms with Crippen molar-refractivity contribution >= 4 is 0 Å². The maximum atomic E-state index is 12.4. The molecule has 0 amide bonds. The lowest BCUT2D eigenvalue weighted by Crippen LogP contribution is -2.16. The van der Waals surface area contributed by atoms with Crippen LogP contribution in [0, 0.1) is 0 Å². The summed E-state index contributed by atoms with van der Waals surface area (Å²) in [6.45, 7) is -0.143. The van der Waals surface area contributed by atoms with Crippen LogP contribution in [0.25, 0.3) is 0 Å². The molecule has 0 aliphatic carbocycles. The predicted octanol–water partition coefficient (Wildman–Crippen LogP) is 2.53. The minimum absolute atomic E-state index is 0.0602. The lowest BCUT2D eigenvalue weighted by atomic mass is 10.1. The summed E-state index contributed by atoms with van der Waals surface area (Å²) < 4.78 is 37.2. The van der Waals surface area contributed by atoms with Gasteiger partial charge < -0.3 is 5.21 Å². The van der Waals surface area contributed by atoms with Crippen molar-refractivity contribution < 1.29 is 18.4 Å². The average Bonchev–Trinajstić information content (AvgIpc) is 2.01. The Bertz CT molecular complexity index is 309. The molecular weight excluding hydrogens is 195 g/mol. The van der Waals surface area contributed by atoms with Crippen LogP contribution >= 0.6 is 0 Å². The van der Waals surface area contributed by atoms with E-state index in [2.05, 4.69) is 0 Å². The van der Waals surface area contributed by atoms with E-state index < -0.39 is 11.7 Å². The fourth-order valence-electron chi connectivity index (χ4n) is 1.18. The molecule has 0 fully saturated rings. The van der Waals surface area contributed by atoms with Gasteiger partial charge in [0.15, 0.2) is 0 Å². The molecule has 14 heavy (non-hydrogen) atoms. The van der Waals surface area contributed by atoms with Crippen molar-refractivity contribution in [1.29, 1.82) is 0 Å². The third-order valence-corrected chi connectivity index (χ3v) is 1.72. The summed E-state index contributed by atoms with van der Waals surface area (Å²) in [7, 11) is 1.30. The van der Waals surface area contributed by atoms with Crippen LogP contribution in [0.1, 0.15) is 11.1 Å². The molecule has 1 aromatic rings. The predicted molar refractivity (Wildman–Crippen MR) is 44.7 cm³/mol. The zero-order valence-corrected chi connectivity index (χ0v) is 7.54. The standard InChI is InChI=1S/C9H10F3NO/c1-13(14)6-7-4-2-3-5-8(7)9(10,11)12/h2-5,14H,6H2,1H3. The first-order chi connectivity index (χ1) is 6.41. The molecule has 0 aliphatic heterocycles. The van der Waals surface area contributed by atoms with Crippen LogP contribution in [0.15, 0.2) is 24.3 Å². The largest absolute Gasteiger partial charge is 0.416 e. The first kappa shape index (κ1) is 11.0. The molecule has 1 rings (SSSR count). The van der Waals surface area contributed by atoms with Gasteiger partial charge >= 0.3 is 6.18 Å². The van der Waals surface area contributed by atoms with Gasteiger partial charge in [0.1, 0.15) is 0 Å². The van der Waals surface area contributed by atoms with Crippen LogP contribution in [0.3, 0.4) is 0 Å². The highest BCUT2D eigenvalue weighted by atomic mass is 19.4. The van der Waals surface area contributed by atoms with Crippen molar-refractivity contribution in [3.05, 3.63) is 35.4 Å². The van der Waals surface area contributed by atoms with Crippen molar-refractivity contribution in [2.45, 2.75) is 12.7 Å². The van der Waals surface area contributed by atoms with Gasteiger partial charge in [0, 0.05) is 13.6 Å². The number of hydroxylamine groups is 2. The van der Waals surface area contributed by atoms with Gasteiger partial charge in [-0.2, -0.15) is 18.2 Å². The van der Waals surface area contributed by atoms with Crippen LogP contribution in [-0.2, 0) is 12.7 Å². The Balaban J connectivity index is 3.04. The molecule has 0 atom stereocenters. The van der Waals surface area contributed by atoms with E-state index >= 15 is 0 Å². The Hall–Kier alpha value is -1.07. The zero-order chi connectivity index (χ0) is 10.8. The van der Waals surface area contributed by atoms with Crippen LogP contribution in [-0.4, -0.2) is 17.3 Å². The number of alkyl halides is 3. The second kappa shape index (κ2) is 3.98. The lowest BCUT2D eigenvalue weighted by molar-refractivity contribution is -0.139. The molecule has 0 bridgehead atoms. The van der Waals surface area contributed by atoms with Crippen molar-refractivity contribution in [2.75, 3.05) is 7.05 Å².